The number of aromatic amines is 1. The molecule has 5 rings (SSSR count). The molecule has 2 N–H and O–H groups in total. The predicted octanol–water partition coefficient (Wildman–Crippen LogP) is 6.65. The summed E-state index contributed by atoms with van der Waals surface area (Å²) >= 11 is 0. The van der Waals surface area contributed by atoms with Gasteiger partial charge < -0.3 is 24.8 Å². The van der Waals surface area contributed by atoms with Gasteiger partial charge >= 0.3 is 0 Å². The molecule has 1 fully saturated rings. The zero-order chi connectivity index (χ0) is 26.2. The third-order valence-electron chi connectivity index (χ3n) is 6.92. The second kappa shape index (κ2) is 12.7. The number of nitrogens with zero attached hydrogens (tertiary/aromatic N) is 3. The minimum Gasteiger partial charge on any atom is -0.508 e. The van der Waals surface area contributed by atoms with E-state index < -0.39 is 0 Å². The standard InChI is InChI=1S/C22H30N4O.C7H8.C2H6/c1-5-9-24(4)10-6-11-25-15(2)22-13-19-18-12-17(27)7-8-20(18)23-21(19)14-26(22)16(25)3;1-7-5-3-2-4-6-7;1-2/h7-8,12,22-23,27H,2-3,5-6,9-11,13-14H2,1,4H3;2-6H,1H3;1-2H3/t22-;;/m0../s1. The number of nitrogens with one attached hydrogen (secondary N) is 1. The Morgan fingerprint density at radius 3 is 2.44 bits per heavy atom. The zero-order valence-corrected chi connectivity index (χ0v) is 22.8. The van der Waals surface area contributed by atoms with Crippen molar-refractivity contribution >= 4 is 10.9 Å². The van der Waals surface area contributed by atoms with Crippen LogP contribution in [0.2, 0.25) is 0 Å². The molecular weight excluding hydrogens is 444 g/mol. The number of fused-ring (bicyclic) bond motifs is 4. The molecule has 1 saturated heterocycles. The number of aromatic nitrogens is 1. The summed E-state index contributed by atoms with van der Waals surface area (Å²) in [5.41, 5.74) is 6.10. The van der Waals surface area contributed by atoms with Crippen LogP contribution >= 0.6 is 0 Å². The van der Waals surface area contributed by atoms with Gasteiger partial charge in [-0.3, -0.25) is 0 Å². The van der Waals surface area contributed by atoms with E-state index in [9.17, 15) is 5.11 Å². The van der Waals surface area contributed by atoms with Gasteiger partial charge in [0.05, 0.1) is 12.6 Å². The summed E-state index contributed by atoms with van der Waals surface area (Å²) < 4.78 is 0. The monoisotopic (exact) mass is 488 g/mol. The van der Waals surface area contributed by atoms with Crippen LogP contribution in [0.15, 0.2) is 73.2 Å². The van der Waals surface area contributed by atoms with Crippen molar-refractivity contribution in [2.45, 2.75) is 59.5 Å². The molecule has 0 radical (unpaired) electrons. The summed E-state index contributed by atoms with van der Waals surface area (Å²) in [5, 5.41) is 11.0. The Morgan fingerprint density at radius 1 is 1.08 bits per heavy atom. The number of hydrogen-bond acceptors (Lipinski definition) is 4. The Morgan fingerprint density at radius 2 is 1.81 bits per heavy atom. The van der Waals surface area contributed by atoms with Gasteiger partial charge in [0.15, 0.2) is 0 Å². The van der Waals surface area contributed by atoms with Gasteiger partial charge in [-0.2, -0.15) is 0 Å². The summed E-state index contributed by atoms with van der Waals surface area (Å²) in [4.78, 5) is 10.6. The first-order valence-electron chi connectivity index (χ1n) is 13.3. The smallest absolute Gasteiger partial charge is 0.116 e. The van der Waals surface area contributed by atoms with Gasteiger partial charge in [-0.25, -0.2) is 0 Å². The van der Waals surface area contributed by atoms with Gasteiger partial charge in [0.25, 0.3) is 0 Å². The summed E-state index contributed by atoms with van der Waals surface area (Å²) in [6.07, 6.45) is 3.21. The van der Waals surface area contributed by atoms with Crippen LogP contribution in [-0.4, -0.2) is 57.5 Å². The van der Waals surface area contributed by atoms with Crippen LogP contribution in [-0.2, 0) is 13.0 Å². The highest BCUT2D eigenvalue weighted by Crippen LogP contribution is 2.41. The van der Waals surface area contributed by atoms with E-state index in [0.717, 1.165) is 61.4 Å². The van der Waals surface area contributed by atoms with Gasteiger partial charge in [0.2, 0.25) is 0 Å². The number of H-pyrrole nitrogens is 1. The highest BCUT2D eigenvalue weighted by atomic mass is 16.3. The Kier molecular flexibility index (Phi) is 9.65. The quantitative estimate of drug-likeness (QED) is 0.408. The third-order valence-corrected chi connectivity index (χ3v) is 6.92. The van der Waals surface area contributed by atoms with Gasteiger partial charge in [-0.15, -0.1) is 0 Å². The molecule has 5 heteroatoms. The molecule has 0 bridgehead atoms. The molecule has 0 amide bonds. The maximum atomic E-state index is 9.89. The Hall–Kier alpha value is -3.18. The number of aryl methyl sites for hydroxylation is 1. The largest absolute Gasteiger partial charge is 0.508 e. The normalized spacial score (nSPS) is 16.3. The molecule has 194 valence electrons. The van der Waals surface area contributed by atoms with E-state index in [0.29, 0.717) is 5.75 Å². The number of hydrogen-bond donors (Lipinski definition) is 2. The molecule has 0 spiro atoms. The molecule has 2 aliphatic rings. The Bertz CT molecular complexity index is 1150. The lowest BCUT2D eigenvalue weighted by molar-refractivity contribution is 0.265. The zero-order valence-electron chi connectivity index (χ0n) is 22.8. The molecule has 5 nitrogen and oxygen atoms in total. The van der Waals surface area contributed by atoms with Crippen molar-refractivity contribution < 1.29 is 5.11 Å². The molecule has 0 unspecified atom stereocenters. The van der Waals surface area contributed by atoms with Crippen molar-refractivity contribution in [3.63, 3.8) is 0 Å². The molecule has 2 aromatic carbocycles. The first-order chi connectivity index (χ1) is 17.4. The Balaban J connectivity index is 0.000000342. The van der Waals surface area contributed by atoms with Crippen molar-refractivity contribution in [2.24, 2.45) is 0 Å². The van der Waals surface area contributed by atoms with E-state index in [4.69, 9.17) is 0 Å². The summed E-state index contributed by atoms with van der Waals surface area (Å²) in [6, 6.07) is 16.1. The highest BCUT2D eigenvalue weighted by molar-refractivity contribution is 5.86. The van der Waals surface area contributed by atoms with E-state index in [-0.39, 0.29) is 6.04 Å². The van der Waals surface area contributed by atoms with Crippen molar-refractivity contribution in [1.29, 1.82) is 0 Å². The average molecular weight is 489 g/mol. The lowest BCUT2D eigenvalue weighted by Gasteiger charge is -2.30. The molecule has 0 aliphatic carbocycles. The molecular formula is C31H44N4O. The summed E-state index contributed by atoms with van der Waals surface area (Å²) in [6.45, 7) is 21.1. The van der Waals surface area contributed by atoms with Crippen LogP contribution in [0.1, 0.15) is 50.4 Å². The number of phenolic OH excluding ortho intramolecular Hbond substituents is 1. The number of aromatic hydroxyl groups is 1. The van der Waals surface area contributed by atoms with Crippen molar-refractivity contribution in [3.8, 4) is 5.75 Å². The molecule has 3 aromatic rings. The van der Waals surface area contributed by atoms with Crippen molar-refractivity contribution in [2.75, 3.05) is 26.7 Å². The maximum Gasteiger partial charge on any atom is 0.116 e. The highest BCUT2D eigenvalue weighted by Gasteiger charge is 2.40. The second-order valence-corrected chi connectivity index (χ2v) is 9.53. The third kappa shape index (κ3) is 6.14. The molecule has 2 aliphatic heterocycles. The van der Waals surface area contributed by atoms with Crippen LogP contribution in [0.3, 0.4) is 0 Å². The maximum absolute atomic E-state index is 9.89. The fourth-order valence-electron chi connectivity index (χ4n) is 5.11. The molecule has 0 saturated carbocycles. The molecule has 1 aromatic heterocycles. The Labute approximate surface area is 217 Å². The van der Waals surface area contributed by atoms with Gasteiger partial charge in [-0.1, -0.05) is 69.8 Å². The first kappa shape index (κ1) is 27.4. The van der Waals surface area contributed by atoms with Crippen molar-refractivity contribution in [1.82, 2.24) is 19.7 Å². The average Bonchev–Trinajstić information content (AvgIpc) is 3.34. The van der Waals surface area contributed by atoms with Crippen LogP contribution < -0.4 is 0 Å². The lowest BCUT2D eigenvalue weighted by atomic mass is 9.96. The fraction of sp³-hybridized carbons (Fsp3) is 0.419. The first-order valence-corrected chi connectivity index (χ1v) is 13.3. The minimum absolute atomic E-state index is 0.264. The van der Waals surface area contributed by atoms with E-state index in [1.165, 1.54) is 23.2 Å². The van der Waals surface area contributed by atoms with Gasteiger partial charge in [0.1, 0.15) is 11.6 Å². The van der Waals surface area contributed by atoms with Crippen LogP contribution in [0, 0.1) is 6.92 Å². The van der Waals surface area contributed by atoms with E-state index in [2.05, 4.69) is 65.9 Å². The fourth-order valence-corrected chi connectivity index (χ4v) is 5.11. The van der Waals surface area contributed by atoms with Crippen LogP contribution in [0.5, 0.6) is 5.75 Å². The lowest BCUT2D eigenvalue weighted by Crippen LogP contribution is -2.34. The number of benzene rings is 2. The van der Waals surface area contributed by atoms with Gasteiger partial charge in [-0.05, 0) is 63.7 Å². The van der Waals surface area contributed by atoms with E-state index in [1.54, 1.807) is 6.07 Å². The molecule has 36 heavy (non-hydrogen) atoms. The summed E-state index contributed by atoms with van der Waals surface area (Å²) in [7, 11) is 2.19. The number of rotatable bonds is 6. The van der Waals surface area contributed by atoms with Crippen molar-refractivity contribution in [3.05, 3.63) is 90.0 Å². The van der Waals surface area contributed by atoms with Crippen LogP contribution in [0.4, 0.5) is 0 Å². The predicted molar refractivity (Wildman–Crippen MR) is 153 cm³/mol. The van der Waals surface area contributed by atoms with E-state index in [1.807, 2.05) is 44.2 Å². The second-order valence-electron chi connectivity index (χ2n) is 9.53. The molecule has 3 heterocycles. The minimum atomic E-state index is 0.264. The van der Waals surface area contributed by atoms with E-state index >= 15 is 0 Å². The number of phenols is 1. The van der Waals surface area contributed by atoms with Gasteiger partial charge in [0, 0.05) is 35.3 Å². The summed E-state index contributed by atoms with van der Waals surface area (Å²) in [5.74, 6) is 1.38. The van der Waals surface area contributed by atoms with Crippen LogP contribution in [0.25, 0.3) is 10.9 Å². The molecule has 1 atom stereocenters. The SMILES string of the molecule is C=C1[C@@H]2Cc3c([nH]c4ccc(O)cc34)CN2C(=C)N1CCCN(C)CCC.CC.Cc1ccccc1. The topological polar surface area (TPSA) is 45.7 Å².